The molecule has 0 saturated heterocycles. The molecule has 1 fully saturated rings. The quantitative estimate of drug-likeness (QED) is 0.835. The SMILES string of the molecule is CC(C1CC1)N(C)S(=O)(=O)c1cccc(C#N)c1. The summed E-state index contributed by atoms with van der Waals surface area (Å²) in [5.41, 5.74) is 0.364. The summed E-state index contributed by atoms with van der Waals surface area (Å²) in [5.74, 6) is 0.476. The fourth-order valence-corrected chi connectivity index (χ4v) is 3.46. The van der Waals surface area contributed by atoms with E-state index in [4.69, 9.17) is 5.26 Å². The van der Waals surface area contributed by atoms with Crippen LogP contribution in [0.2, 0.25) is 0 Å². The maximum atomic E-state index is 12.4. The second kappa shape index (κ2) is 4.71. The van der Waals surface area contributed by atoms with Crippen LogP contribution in [0.5, 0.6) is 0 Å². The molecule has 1 aromatic carbocycles. The van der Waals surface area contributed by atoms with Gasteiger partial charge in [-0.15, -0.1) is 0 Å². The summed E-state index contributed by atoms with van der Waals surface area (Å²) in [6.07, 6.45) is 2.19. The molecule has 96 valence electrons. The maximum absolute atomic E-state index is 12.4. The second-order valence-corrected chi connectivity index (χ2v) is 6.74. The highest BCUT2D eigenvalue weighted by molar-refractivity contribution is 7.89. The zero-order valence-corrected chi connectivity index (χ0v) is 11.3. The molecule has 2 rings (SSSR count). The summed E-state index contributed by atoms with van der Waals surface area (Å²) >= 11 is 0. The topological polar surface area (TPSA) is 61.2 Å². The zero-order valence-electron chi connectivity index (χ0n) is 10.5. The fraction of sp³-hybridized carbons (Fsp3) is 0.462. The van der Waals surface area contributed by atoms with Gasteiger partial charge in [-0.3, -0.25) is 0 Å². The van der Waals surface area contributed by atoms with Crippen molar-refractivity contribution >= 4 is 10.0 Å². The first kappa shape index (κ1) is 13.1. The van der Waals surface area contributed by atoms with Crippen LogP contribution in [0.25, 0.3) is 0 Å². The number of benzene rings is 1. The summed E-state index contributed by atoms with van der Waals surface area (Å²) in [7, 11) is -1.89. The number of hydrogen-bond acceptors (Lipinski definition) is 3. The van der Waals surface area contributed by atoms with Crippen molar-refractivity contribution in [2.45, 2.75) is 30.7 Å². The molecule has 1 aliphatic carbocycles. The molecule has 0 bridgehead atoms. The molecule has 0 aliphatic heterocycles. The van der Waals surface area contributed by atoms with Crippen molar-refractivity contribution in [1.29, 1.82) is 5.26 Å². The third-order valence-electron chi connectivity index (χ3n) is 3.52. The number of nitrogens with zero attached hydrogens (tertiary/aromatic N) is 2. The Kier molecular flexibility index (Phi) is 3.42. The molecule has 1 saturated carbocycles. The summed E-state index contributed by atoms with van der Waals surface area (Å²) in [4.78, 5) is 0.191. The first-order valence-electron chi connectivity index (χ1n) is 5.95. The van der Waals surface area contributed by atoms with E-state index in [0.717, 1.165) is 12.8 Å². The lowest BCUT2D eigenvalue weighted by atomic mass is 10.2. The Morgan fingerprint density at radius 3 is 2.67 bits per heavy atom. The van der Waals surface area contributed by atoms with E-state index in [-0.39, 0.29) is 10.9 Å². The number of sulfonamides is 1. The molecular formula is C13H16N2O2S. The molecule has 0 aromatic heterocycles. The van der Waals surface area contributed by atoms with Crippen LogP contribution >= 0.6 is 0 Å². The Balaban J connectivity index is 2.32. The minimum absolute atomic E-state index is 0.0146. The molecule has 0 N–H and O–H groups in total. The predicted octanol–water partition coefficient (Wildman–Crippen LogP) is 1.98. The lowest BCUT2D eigenvalue weighted by Crippen LogP contribution is -2.36. The molecule has 4 nitrogen and oxygen atoms in total. The van der Waals surface area contributed by atoms with Crippen LogP contribution in [0.4, 0.5) is 0 Å². The van der Waals surface area contributed by atoms with Crippen LogP contribution in [0, 0.1) is 17.2 Å². The monoisotopic (exact) mass is 264 g/mol. The van der Waals surface area contributed by atoms with Gasteiger partial charge >= 0.3 is 0 Å². The van der Waals surface area contributed by atoms with Crippen molar-refractivity contribution in [3.8, 4) is 6.07 Å². The van der Waals surface area contributed by atoms with E-state index >= 15 is 0 Å². The van der Waals surface area contributed by atoms with Gasteiger partial charge in [0.1, 0.15) is 0 Å². The van der Waals surface area contributed by atoms with E-state index in [1.807, 2.05) is 13.0 Å². The van der Waals surface area contributed by atoms with Crippen LogP contribution in [-0.4, -0.2) is 25.8 Å². The molecule has 1 unspecified atom stereocenters. The van der Waals surface area contributed by atoms with Gasteiger partial charge in [0.25, 0.3) is 0 Å². The zero-order chi connectivity index (χ0) is 13.3. The van der Waals surface area contributed by atoms with Crippen molar-refractivity contribution < 1.29 is 8.42 Å². The molecule has 1 aliphatic rings. The Bertz CT molecular complexity index is 585. The van der Waals surface area contributed by atoms with Crippen molar-refractivity contribution in [2.75, 3.05) is 7.05 Å². The summed E-state index contributed by atoms with van der Waals surface area (Å²) < 4.78 is 26.2. The number of rotatable bonds is 4. The molecule has 0 spiro atoms. The largest absolute Gasteiger partial charge is 0.243 e. The molecule has 5 heteroatoms. The number of nitriles is 1. The van der Waals surface area contributed by atoms with Crippen molar-refractivity contribution in [1.82, 2.24) is 4.31 Å². The van der Waals surface area contributed by atoms with Crippen molar-refractivity contribution in [3.63, 3.8) is 0 Å². The van der Waals surface area contributed by atoms with Gasteiger partial charge in [0.15, 0.2) is 0 Å². The summed E-state index contributed by atoms with van der Waals surface area (Å²) in [6.45, 7) is 1.93. The third-order valence-corrected chi connectivity index (χ3v) is 5.46. The highest BCUT2D eigenvalue weighted by Gasteiger charge is 2.35. The average Bonchev–Trinajstić information content (AvgIpc) is 3.21. The lowest BCUT2D eigenvalue weighted by molar-refractivity contribution is 0.357. The predicted molar refractivity (Wildman–Crippen MR) is 68.3 cm³/mol. The van der Waals surface area contributed by atoms with Gasteiger partial charge in [0.05, 0.1) is 16.5 Å². The van der Waals surface area contributed by atoms with E-state index in [1.54, 1.807) is 19.2 Å². The smallest absolute Gasteiger partial charge is 0.207 e. The first-order valence-corrected chi connectivity index (χ1v) is 7.39. The highest BCUT2D eigenvalue weighted by atomic mass is 32.2. The van der Waals surface area contributed by atoms with Gasteiger partial charge in [-0.25, -0.2) is 8.42 Å². The lowest BCUT2D eigenvalue weighted by Gasteiger charge is -2.24. The van der Waals surface area contributed by atoms with Gasteiger partial charge in [0.2, 0.25) is 10.0 Å². The van der Waals surface area contributed by atoms with Crippen molar-refractivity contribution in [3.05, 3.63) is 29.8 Å². The van der Waals surface area contributed by atoms with Crippen LogP contribution in [0.1, 0.15) is 25.3 Å². The van der Waals surface area contributed by atoms with E-state index in [0.29, 0.717) is 11.5 Å². The van der Waals surface area contributed by atoms with Gasteiger partial charge in [-0.05, 0) is 43.9 Å². The summed E-state index contributed by atoms with van der Waals surface area (Å²) in [6, 6.07) is 8.13. The molecular weight excluding hydrogens is 248 g/mol. The molecule has 18 heavy (non-hydrogen) atoms. The Hall–Kier alpha value is -1.38. The van der Waals surface area contributed by atoms with E-state index in [1.165, 1.54) is 16.4 Å². The van der Waals surface area contributed by atoms with Crippen molar-refractivity contribution in [2.24, 2.45) is 5.92 Å². The highest BCUT2D eigenvalue weighted by Crippen LogP contribution is 2.36. The van der Waals surface area contributed by atoms with Gasteiger partial charge in [-0.1, -0.05) is 6.07 Å². The normalized spacial score (nSPS) is 17.4. The molecule has 1 atom stereocenters. The molecule has 1 aromatic rings. The Labute approximate surface area is 108 Å². The van der Waals surface area contributed by atoms with Crippen LogP contribution in [0.3, 0.4) is 0 Å². The fourth-order valence-electron chi connectivity index (χ4n) is 1.99. The van der Waals surface area contributed by atoms with Gasteiger partial charge in [-0.2, -0.15) is 9.57 Å². The van der Waals surface area contributed by atoms with E-state index < -0.39 is 10.0 Å². The standard InChI is InChI=1S/C13H16N2O2S/c1-10(12-6-7-12)15(2)18(16,17)13-5-3-4-11(8-13)9-14/h3-5,8,10,12H,6-7H2,1-2H3. The number of hydrogen-bond donors (Lipinski definition) is 0. The van der Waals surface area contributed by atoms with E-state index in [2.05, 4.69) is 0 Å². The third kappa shape index (κ3) is 2.40. The minimum atomic E-state index is -3.49. The second-order valence-electron chi connectivity index (χ2n) is 4.74. The van der Waals surface area contributed by atoms with Crippen LogP contribution in [0.15, 0.2) is 29.2 Å². The van der Waals surface area contributed by atoms with Crippen LogP contribution < -0.4 is 0 Å². The van der Waals surface area contributed by atoms with Crippen LogP contribution in [-0.2, 0) is 10.0 Å². The molecule has 0 heterocycles. The van der Waals surface area contributed by atoms with E-state index in [9.17, 15) is 8.42 Å². The average molecular weight is 264 g/mol. The first-order chi connectivity index (χ1) is 8.46. The minimum Gasteiger partial charge on any atom is -0.207 e. The molecule has 0 radical (unpaired) electrons. The Morgan fingerprint density at radius 1 is 1.44 bits per heavy atom. The molecule has 0 amide bonds. The summed E-state index contributed by atoms with van der Waals surface area (Å²) in [5, 5.41) is 8.82. The van der Waals surface area contributed by atoms with Gasteiger partial charge in [0, 0.05) is 13.1 Å². The maximum Gasteiger partial charge on any atom is 0.243 e. The Morgan fingerprint density at radius 2 is 2.11 bits per heavy atom. The van der Waals surface area contributed by atoms with Gasteiger partial charge < -0.3 is 0 Å².